The highest BCUT2D eigenvalue weighted by molar-refractivity contribution is 5.63. The molecule has 2 nitrogen and oxygen atoms in total. The number of benzene rings is 1. The molecule has 0 saturated heterocycles. The van der Waals surface area contributed by atoms with E-state index in [0.29, 0.717) is 0 Å². The molecule has 0 bridgehead atoms. The van der Waals surface area contributed by atoms with E-state index in [4.69, 9.17) is 0 Å². The van der Waals surface area contributed by atoms with Crippen molar-refractivity contribution in [1.82, 2.24) is 10.2 Å². The van der Waals surface area contributed by atoms with Crippen molar-refractivity contribution < 1.29 is 0 Å². The molecule has 0 spiro atoms. The predicted octanol–water partition coefficient (Wildman–Crippen LogP) is 2.95. The zero-order valence-corrected chi connectivity index (χ0v) is 8.54. The SMILES string of the molecule is CCc1[nH]nc(-c2ccccc2)c1C. The number of H-pyrrole nitrogens is 1. The lowest BCUT2D eigenvalue weighted by atomic mass is 10.1. The quantitative estimate of drug-likeness (QED) is 0.767. The third-order valence-corrected chi connectivity index (χ3v) is 2.51. The Balaban J connectivity index is 2.48. The first kappa shape index (κ1) is 9.00. The maximum Gasteiger partial charge on any atom is 0.0952 e. The van der Waals surface area contributed by atoms with E-state index in [9.17, 15) is 0 Å². The third kappa shape index (κ3) is 1.43. The van der Waals surface area contributed by atoms with Crippen molar-refractivity contribution in [3.8, 4) is 11.3 Å². The van der Waals surface area contributed by atoms with Gasteiger partial charge in [0.2, 0.25) is 0 Å². The Morgan fingerprint density at radius 1 is 1.21 bits per heavy atom. The van der Waals surface area contributed by atoms with Crippen LogP contribution in [0.25, 0.3) is 11.3 Å². The number of aryl methyl sites for hydroxylation is 1. The summed E-state index contributed by atoms with van der Waals surface area (Å²) in [5.41, 5.74) is 4.74. The average molecular weight is 186 g/mol. The van der Waals surface area contributed by atoms with Crippen molar-refractivity contribution in [3.63, 3.8) is 0 Å². The van der Waals surface area contributed by atoms with Gasteiger partial charge in [-0.15, -0.1) is 0 Å². The molecule has 0 radical (unpaired) electrons. The fourth-order valence-corrected chi connectivity index (χ4v) is 1.66. The van der Waals surface area contributed by atoms with Crippen molar-refractivity contribution in [2.75, 3.05) is 0 Å². The maximum absolute atomic E-state index is 4.33. The van der Waals surface area contributed by atoms with Crippen LogP contribution in [0.3, 0.4) is 0 Å². The molecule has 0 aliphatic rings. The van der Waals surface area contributed by atoms with E-state index in [1.54, 1.807) is 0 Å². The van der Waals surface area contributed by atoms with E-state index in [0.717, 1.165) is 12.1 Å². The van der Waals surface area contributed by atoms with Gasteiger partial charge in [0.1, 0.15) is 0 Å². The molecule has 14 heavy (non-hydrogen) atoms. The van der Waals surface area contributed by atoms with Gasteiger partial charge in [0.25, 0.3) is 0 Å². The number of nitrogens with zero attached hydrogens (tertiary/aromatic N) is 1. The maximum atomic E-state index is 4.33. The van der Waals surface area contributed by atoms with Crippen LogP contribution in [0.2, 0.25) is 0 Å². The van der Waals surface area contributed by atoms with Crippen LogP contribution in [0.1, 0.15) is 18.2 Å². The van der Waals surface area contributed by atoms with Crippen molar-refractivity contribution in [1.29, 1.82) is 0 Å². The molecule has 1 aromatic heterocycles. The van der Waals surface area contributed by atoms with Gasteiger partial charge in [-0.05, 0) is 18.9 Å². The van der Waals surface area contributed by atoms with E-state index in [1.807, 2.05) is 18.2 Å². The van der Waals surface area contributed by atoms with Crippen molar-refractivity contribution in [2.45, 2.75) is 20.3 Å². The fourth-order valence-electron chi connectivity index (χ4n) is 1.66. The van der Waals surface area contributed by atoms with Crippen molar-refractivity contribution in [3.05, 3.63) is 41.6 Å². The second-order valence-electron chi connectivity index (χ2n) is 3.40. The Kier molecular flexibility index (Phi) is 2.35. The molecule has 72 valence electrons. The van der Waals surface area contributed by atoms with E-state index in [1.165, 1.54) is 16.8 Å². The van der Waals surface area contributed by atoms with E-state index >= 15 is 0 Å². The number of hydrogen-bond acceptors (Lipinski definition) is 1. The Morgan fingerprint density at radius 2 is 1.93 bits per heavy atom. The summed E-state index contributed by atoms with van der Waals surface area (Å²) in [4.78, 5) is 0. The highest BCUT2D eigenvalue weighted by Crippen LogP contribution is 2.22. The molecule has 0 amide bonds. The zero-order chi connectivity index (χ0) is 9.97. The molecule has 0 fully saturated rings. The minimum atomic E-state index is 1.01. The molecule has 0 saturated carbocycles. The van der Waals surface area contributed by atoms with Crippen LogP contribution in [0, 0.1) is 6.92 Å². The summed E-state index contributed by atoms with van der Waals surface area (Å²) in [5.74, 6) is 0. The lowest BCUT2D eigenvalue weighted by Gasteiger charge is -1.97. The molecular weight excluding hydrogens is 172 g/mol. The van der Waals surface area contributed by atoms with Crippen LogP contribution < -0.4 is 0 Å². The third-order valence-electron chi connectivity index (χ3n) is 2.51. The topological polar surface area (TPSA) is 28.7 Å². The molecule has 2 aromatic rings. The molecule has 2 rings (SSSR count). The standard InChI is InChI=1S/C12H14N2/c1-3-11-9(2)12(14-13-11)10-7-5-4-6-8-10/h4-8H,3H2,1-2H3,(H,13,14). The zero-order valence-electron chi connectivity index (χ0n) is 8.54. The summed E-state index contributed by atoms with van der Waals surface area (Å²) < 4.78 is 0. The van der Waals surface area contributed by atoms with Gasteiger partial charge >= 0.3 is 0 Å². The van der Waals surface area contributed by atoms with E-state index in [-0.39, 0.29) is 0 Å². The van der Waals surface area contributed by atoms with Crippen LogP contribution in [0.5, 0.6) is 0 Å². The Hall–Kier alpha value is -1.57. The van der Waals surface area contributed by atoms with Gasteiger partial charge in [-0.3, -0.25) is 5.10 Å². The minimum absolute atomic E-state index is 1.01. The molecule has 0 unspecified atom stereocenters. The predicted molar refractivity (Wildman–Crippen MR) is 58.1 cm³/mol. The van der Waals surface area contributed by atoms with E-state index < -0.39 is 0 Å². The number of aromatic amines is 1. The van der Waals surface area contributed by atoms with Gasteiger partial charge in [-0.25, -0.2) is 0 Å². The number of aromatic nitrogens is 2. The molecular formula is C12H14N2. The summed E-state index contributed by atoms with van der Waals surface area (Å²) >= 11 is 0. The fraction of sp³-hybridized carbons (Fsp3) is 0.250. The van der Waals surface area contributed by atoms with Crippen LogP contribution in [0.15, 0.2) is 30.3 Å². The normalized spacial score (nSPS) is 10.4. The van der Waals surface area contributed by atoms with Crippen LogP contribution in [-0.2, 0) is 6.42 Å². The summed E-state index contributed by atoms with van der Waals surface area (Å²) in [5, 5.41) is 7.40. The Bertz CT molecular complexity index is 415. The summed E-state index contributed by atoms with van der Waals surface area (Å²) in [6.07, 6.45) is 1.01. The molecule has 0 aliphatic heterocycles. The second kappa shape index (κ2) is 3.66. The van der Waals surface area contributed by atoms with Crippen LogP contribution in [-0.4, -0.2) is 10.2 Å². The van der Waals surface area contributed by atoms with Crippen LogP contribution in [0.4, 0.5) is 0 Å². The molecule has 2 heteroatoms. The average Bonchev–Trinajstić information content (AvgIpc) is 2.61. The monoisotopic (exact) mass is 186 g/mol. The Morgan fingerprint density at radius 3 is 2.50 bits per heavy atom. The van der Waals surface area contributed by atoms with Gasteiger partial charge in [0.05, 0.1) is 5.69 Å². The molecule has 0 atom stereocenters. The summed E-state index contributed by atoms with van der Waals surface area (Å²) in [7, 11) is 0. The lowest BCUT2D eigenvalue weighted by molar-refractivity contribution is 0.970. The van der Waals surface area contributed by atoms with Gasteiger partial charge in [0.15, 0.2) is 0 Å². The number of hydrogen-bond donors (Lipinski definition) is 1. The Labute approximate surface area is 84.0 Å². The van der Waals surface area contributed by atoms with Gasteiger partial charge in [0, 0.05) is 11.3 Å². The molecule has 1 aromatic carbocycles. The first-order valence-electron chi connectivity index (χ1n) is 4.92. The number of rotatable bonds is 2. The highest BCUT2D eigenvalue weighted by atomic mass is 15.1. The molecule has 1 N–H and O–H groups in total. The lowest BCUT2D eigenvalue weighted by Crippen LogP contribution is -1.83. The smallest absolute Gasteiger partial charge is 0.0952 e. The van der Waals surface area contributed by atoms with Crippen molar-refractivity contribution >= 4 is 0 Å². The second-order valence-corrected chi connectivity index (χ2v) is 3.40. The van der Waals surface area contributed by atoms with Gasteiger partial charge in [-0.2, -0.15) is 5.10 Å². The summed E-state index contributed by atoms with van der Waals surface area (Å²) in [6.45, 7) is 4.25. The molecule has 1 heterocycles. The first-order valence-corrected chi connectivity index (χ1v) is 4.92. The van der Waals surface area contributed by atoms with Crippen LogP contribution >= 0.6 is 0 Å². The highest BCUT2D eigenvalue weighted by Gasteiger charge is 2.08. The first-order chi connectivity index (χ1) is 6.83. The molecule has 0 aliphatic carbocycles. The largest absolute Gasteiger partial charge is 0.282 e. The van der Waals surface area contributed by atoms with Gasteiger partial charge < -0.3 is 0 Å². The minimum Gasteiger partial charge on any atom is -0.282 e. The number of nitrogens with one attached hydrogen (secondary N) is 1. The van der Waals surface area contributed by atoms with Gasteiger partial charge in [-0.1, -0.05) is 37.3 Å². The summed E-state index contributed by atoms with van der Waals surface area (Å²) in [6, 6.07) is 10.3. The van der Waals surface area contributed by atoms with Crippen molar-refractivity contribution in [2.24, 2.45) is 0 Å². The van der Waals surface area contributed by atoms with E-state index in [2.05, 4.69) is 36.2 Å².